The summed E-state index contributed by atoms with van der Waals surface area (Å²) < 4.78 is 1.93. The number of carbonyl (C=O) groups excluding carboxylic acids is 1. The number of nitrogens with zero attached hydrogens (tertiary/aromatic N) is 2. The van der Waals surface area contributed by atoms with E-state index in [0.29, 0.717) is 5.02 Å². The average molecular weight is 386 g/mol. The molecule has 0 bridgehead atoms. The van der Waals surface area contributed by atoms with Crippen molar-refractivity contribution in [1.82, 2.24) is 14.9 Å². The van der Waals surface area contributed by atoms with Crippen molar-refractivity contribution in [3.8, 4) is 0 Å². The normalized spacial score (nSPS) is 14.7. The number of benzene rings is 1. The van der Waals surface area contributed by atoms with Crippen molar-refractivity contribution in [2.45, 2.75) is 31.7 Å². The number of fused-ring (bicyclic) bond motifs is 1. The van der Waals surface area contributed by atoms with Crippen LogP contribution in [0.3, 0.4) is 0 Å². The zero-order valence-corrected chi connectivity index (χ0v) is 16.1. The zero-order chi connectivity index (χ0) is 18.1. The molecule has 0 spiro atoms. The Balaban J connectivity index is 1.64. The third-order valence-corrected chi connectivity index (χ3v) is 6.30. The van der Waals surface area contributed by atoms with Gasteiger partial charge in [-0.2, -0.15) is 0 Å². The van der Waals surface area contributed by atoms with Gasteiger partial charge < -0.3 is 9.88 Å². The molecule has 3 aromatic rings. The molecule has 2 heterocycles. The second-order valence-corrected chi connectivity index (χ2v) is 8.19. The van der Waals surface area contributed by atoms with Gasteiger partial charge in [-0.25, -0.2) is 4.98 Å². The Bertz CT molecular complexity index is 905. The van der Waals surface area contributed by atoms with Crippen LogP contribution in [0.25, 0.3) is 0 Å². The summed E-state index contributed by atoms with van der Waals surface area (Å²) in [6.07, 6.45) is 8.23. The van der Waals surface area contributed by atoms with E-state index in [-0.39, 0.29) is 11.9 Å². The first-order chi connectivity index (χ1) is 12.6. The molecule has 0 aliphatic heterocycles. The summed E-state index contributed by atoms with van der Waals surface area (Å²) in [5.74, 6) is 0.745. The Kier molecular flexibility index (Phi) is 4.83. The third-order valence-electron chi connectivity index (χ3n) is 4.82. The van der Waals surface area contributed by atoms with Gasteiger partial charge in [0, 0.05) is 29.3 Å². The van der Waals surface area contributed by atoms with Crippen LogP contribution in [-0.2, 0) is 19.9 Å². The second-order valence-electron chi connectivity index (χ2n) is 6.62. The standard InChI is InChI=1S/C20H20ClN3OS/c1-24-11-10-22-19(24)18(13-6-8-15(21)9-7-13)23-20(25)17-12-14-4-2-3-5-16(14)26-17/h6-12,18H,2-5H2,1H3,(H,23,25)/t18-/m0/s1. The predicted octanol–water partition coefficient (Wildman–Crippen LogP) is 4.53. The van der Waals surface area contributed by atoms with E-state index in [9.17, 15) is 4.79 Å². The number of rotatable bonds is 4. The highest BCUT2D eigenvalue weighted by Crippen LogP contribution is 2.30. The lowest BCUT2D eigenvalue weighted by Gasteiger charge is -2.19. The fraction of sp³-hybridized carbons (Fsp3) is 0.300. The first-order valence-electron chi connectivity index (χ1n) is 8.77. The average Bonchev–Trinajstić information content (AvgIpc) is 3.26. The lowest BCUT2D eigenvalue weighted by Crippen LogP contribution is -2.30. The minimum atomic E-state index is -0.320. The number of aromatic nitrogens is 2. The molecule has 4 rings (SSSR count). The second kappa shape index (κ2) is 7.25. The van der Waals surface area contributed by atoms with Crippen LogP contribution in [0.1, 0.15) is 50.4 Å². The quantitative estimate of drug-likeness (QED) is 0.717. The summed E-state index contributed by atoms with van der Waals surface area (Å²) in [4.78, 5) is 19.5. The van der Waals surface area contributed by atoms with Crippen LogP contribution < -0.4 is 5.32 Å². The Morgan fingerprint density at radius 3 is 2.73 bits per heavy atom. The first kappa shape index (κ1) is 17.3. The molecule has 1 atom stereocenters. The molecule has 1 aromatic carbocycles. The van der Waals surface area contributed by atoms with Gasteiger partial charge in [0.25, 0.3) is 5.91 Å². The molecule has 0 radical (unpaired) electrons. The van der Waals surface area contributed by atoms with Crippen LogP contribution in [0, 0.1) is 0 Å². The van der Waals surface area contributed by atoms with Crippen molar-refractivity contribution in [2.75, 3.05) is 0 Å². The monoisotopic (exact) mass is 385 g/mol. The maximum atomic E-state index is 13.0. The van der Waals surface area contributed by atoms with E-state index >= 15 is 0 Å². The highest BCUT2D eigenvalue weighted by atomic mass is 35.5. The Hall–Kier alpha value is -2.11. The molecular weight excluding hydrogens is 366 g/mol. The third kappa shape index (κ3) is 3.41. The molecule has 0 saturated heterocycles. The molecule has 1 N–H and O–H groups in total. The molecule has 0 fully saturated rings. The van der Waals surface area contributed by atoms with Crippen LogP contribution in [0.5, 0.6) is 0 Å². The van der Waals surface area contributed by atoms with Crippen LogP contribution >= 0.6 is 22.9 Å². The van der Waals surface area contributed by atoms with E-state index in [1.807, 2.05) is 42.1 Å². The molecule has 2 aromatic heterocycles. The Morgan fingerprint density at radius 1 is 1.27 bits per heavy atom. The number of hydrogen-bond acceptors (Lipinski definition) is 3. The van der Waals surface area contributed by atoms with Crippen LogP contribution in [0.2, 0.25) is 5.02 Å². The zero-order valence-electron chi connectivity index (χ0n) is 14.5. The lowest BCUT2D eigenvalue weighted by molar-refractivity contribution is 0.0945. The molecule has 6 heteroatoms. The van der Waals surface area contributed by atoms with E-state index < -0.39 is 0 Å². The number of nitrogens with one attached hydrogen (secondary N) is 1. The number of imidazole rings is 1. The fourth-order valence-corrected chi connectivity index (χ4v) is 4.70. The SMILES string of the molecule is Cn1ccnc1[C@@H](NC(=O)c1cc2c(s1)CCCC2)c1ccc(Cl)cc1. The predicted molar refractivity (Wildman–Crippen MR) is 105 cm³/mol. The van der Waals surface area contributed by atoms with Crippen LogP contribution in [0.15, 0.2) is 42.7 Å². The van der Waals surface area contributed by atoms with Gasteiger partial charge in [0.2, 0.25) is 0 Å². The summed E-state index contributed by atoms with van der Waals surface area (Å²) in [7, 11) is 1.93. The van der Waals surface area contributed by atoms with Crippen molar-refractivity contribution >= 4 is 28.8 Å². The Morgan fingerprint density at radius 2 is 2.04 bits per heavy atom. The number of halogens is 1. The van der Waals surface area contributed by atoms with Crippen LogP contribution in [0.4, 0.5) is 0 Å². The molecular formula is C20H20ClN3OS. The molecule has 1 aliphatic rings. The maximum Gasteiger partial charge on any atom is 0.262 e. The number of amides is 1. The number of aryl methyl sites for hydroxylation is 3. The van der Waals surface area contributed by atoms with Gasteiger partial charge in [-0.05, 0) is 55.0 Å². The van der Waals surface area contributed by atoms with Crippen molar-refractivity contribution < 1.29 is 4.79 Å². The lowest BCUT2D eigenvalue weighted by atomic mass is 9.99. The fourth-order valence-electron chi connectivity index (χ4n) is 3.41. The first-order valence-corrected chi connectivity index (χ1v) is 9.96. The number of hydrogen-bond donors (Lipinski definition) is 1. The maximum absolute atomic E-state index is 13.0. The minimum Gasteiger partial charge on any atom is -0.337 e. The van der Waals surface area contributed by atoms with Gasteiger partial charge in [-0.15, -0.1) is 11.3 Å². The summed E-state index contributed by atoms with van der Waals surface area (Å²) in [6.45, 7) is 0. The number of thiophene rings is 1. The van der Waals surface area contributed by atoms with Crippen molar-refractivity contribution in [3.05, 3.63) is 74.5 Å². The minimum absolute atomic E-state index is 0.0488. The topological polar surface area (TPSA) is 46.9 Å². The van der Waals surface area contributed by atoms with E-state index in [0.717, 1.165) is 29.1 Å². The summed E-state index contributed by atoms with van der Waals surface area (Å²) in [6, 6.07) is 9.28. The van der Waals surface area contributed by atoms with Crippen molar-refractivity contribution in [3.63, 3.8) is 0 Å². The Labute approximate surface area is 161 Å². The highest BCUT2D eigenvalue weighted by Gasteiger charge is 2.23. The smallest absolute Gasteiger partial charge is 0.262 e. The van der Waals surface area contributed by atoms with Gasteiger partial charge in [-0.3, -0.25) is 4.79 Å². The number of carbonyl (C=O) groups is 1. The molecule has 134 valence electrons. The van der Waals surface area contributed by atoms with Gasteiger partial charge >= 0.3 is 0 Å². The van der Waals surface area contributed by atoms with Gasteiger partial charge in [0.1, 0.15) is 11.9 Å². The van der Waals surface area contributed by atoms with Gasteiger partial charge in [0.15, 0.2) is 0 Å². The molecule has 0 saturated carbocycles. The van der Waals surface area contributed by atoms with E-state index in [1.54, 1.807) is 17.5 Å². The molecule has 0 unspecified atom stereocenters. The highest BCUT2D eigenvalue weighted by molar-refractivity contribution is 7.14. The summed E-state index contributed by atoms with van der Waals surface area (Å²) in [5.41, 5.74) is 2.30. The van der Waals surface area contributed by atoms with E-state index in [2.05, 4.69) is 16.4 Å². The van der Waals surface area contributed by atoms with E-state index in [4.69, 9.17) is 11.6 Å². The molecule has 1 aliphatic carbocycles. The molecule has 1 amide bonds. The van der Waals surface area contributed by atoms with Gasteiger partial charge in [0.05, 0.1) is 4.88 Å². The van der Waals surface area contributed by atoms with Crippen LogP contribution in [-0.4, -0.2) is 15.5 Å². The molecule has 4 nitrogen and oxygen atoms in total. The summed E-state index contributed by atoms with van der Waals surface area (Å²) >= 11 is 7.65. The van der Waals surface area contributed by atoms with E-state index in [1.165, 1.54) is 23.3 Å². The van der Waals surface area contributed by atoms with Gasteiger partial charge in [-0.1, -0.05) is 23.7 Å². The largest absolute Gasteiger partial charge is 0.337 e. The summed E-state index contributed by atoms with van der Waals surface area (Å²) in [5, 5.41) is 3.84. The van der Waals surface area contributed by atoms with Crippen molar-refractivity contribution in [1.29, 1.82) is 0 Å². The molecule has 26 heavy (non-hydrogen) atoms. The van der Waals surface area contributed by atoms with Crippen molar-refractivity contribution in [2.24, 2.45) is 7.05 Å².